The standard InChI is InChI=1S/C9H12/c1-2-3-7-4-8-6-9(8)5-7/h3-4,9H,2,5-6H2,1H3/b7-3+. The van der Waals surface area contributed by atoms with Gasteiger partial charge in [-0.1, -0.05) is 30.2 Å². The minimum atomic E-state index is 0.989. The van der Waals surface area contributed by atoms with Crippen molar-refractivity contribution in [3.63, 3.8) is 0 Å². The van der Waals surface area contributed by atoms with Crippen LogP contribution in [0, 0.1) is 5.92 Å². The quantitative estimate of drug-likeness (QED) is 0.499. The average Bonchev–Trinajstić information content (AvgIpc) is 2.42. The molecule has 1 atom stereocenters. The molecule has 0 aromatic heterocycles. The molecule has 1 fully saturated rings. The van der Waals surface area contributed by atoms with Crippen molar-refractivity contribution in [2.75, 3.05) is 0 Å². The van der Waals surface area contributed by atoms with Crippen molar-refractivity contribution >= 4 is 0 Å². The van der Waals surface area contributed by atoms with Crippen molar-refractivity contribution in [2.45, 2.75) is 26.2 Å². The largest absolute Gasteiger partial charge is 0.0816 e. The van der Waals surface area contributed by atoms with Gasteiger partial charge in [-0.3, -0.25) is 0 Å². The van der Waals surface area contributed by atoms with Crippen LogP contribution >= 0.6 is 0 Å². The molecule has 2 rings (SSSR count). The van der Waals surface area contributed by atoms with E-state index in [1.54, 1.807) is 11.1 Å². The topological polar surface area (TPSA) is 0 Å². The van der Waals surface area contributed by atoms with Gasteiger partial charge < -0.3 is 0 Å². The van der Waals surface area contributed by atoms with Gasteiger partial charge in [-0.15, -0.1) is 0 Å². The van der Waals surface area contributed by atoms with Crippen LogP contribution in [-0.2, 0) is 0 Å². The number of hydrogen-bond acceptors (Lipinski definition) is 0. The molecule has 0 saturated heterocycles. The fourth-order valence-corrected chi connectivity index (χ4v) is 1.59. The summed E-state index contributed by atoms with van der Waals surface area (Å²) in [4.78, 5) is 0. The third-order valence-electron chi connectivity index (χ3n) is 2.17. The molecule has 0 bridgehead atoms. The Bertz CT molecular complexity index is 184. The van der Waals surface area contributed by atoms with Gasteiger partial charge in [0.25, 0.3) is 0 Å². The predicted molar refractivity (Wildman–Crippen MR) is 39.2 cm³/mol. The zero-order valence-electron chi connectivity index (χ0n) is 5.85. The molecule has 9 heavy (non-hydrogen) atoms. The van der Waals surface area contributed by atoms with E-state index in [0.717, 1.165) is 5.92 Å². The molecule has 0 spiro atoms. The number of fused-ring (bicyclic) bond motifs is 1. The fourth-order valence-electron chi connectivity index (χ4n) is 1.59. The van der Waals surface area contributed by atoms with Crippen LogP contribution in [-0.4, -0.2) is 0 Å². The molecular formula is C9H12. The van der Waals surface area contributed by atoms with Gasteiger partial charge in [-0.05, 0) is 25.2 Å². The van der Waals surface area contributed by atoms with Gasteiger partial charge in [0.15, 0.2) is 0 Å². The number of hydrogen-bond donors (Lipinski definition) is 0. The summed E-state index contributed by atoms with van der Waals surface area (Å²) in [5.41, 5.74) is 3.29. The van der Waals surface area contributed by atoms with Gasteiger partial charge >= 0.3 is 0 Å². The van der Waals surface area contributed by atoms with Crippen molar-refractivity contribution < 1.29 is 0 Å². The third kappa shape index (κ3) is 0.827. The summed E-state index contributed by atoms with van der Waals surface area (Å²) in [7, 11) is 0. The third-order valence-corrected chi connectivity index (χ3v) is 2.17. The maximum atomic E-state index is 2.38. The molecule has 0 nitrogen and oxygen atoms in total. The minimum Gasteiger partial charge on any atom is -0.0816 e. The summed E-state index contributed by atoms with van der Waals surface area (Å²) in [5, 5.41) is 0. The van der Waals surface area contributed by atoms with E-state index in [4.69, 9.17) is 0 Å². The van der Waals surface area contributed by atoms with Crippen molar-refractivity contribution in [3.8, 4) is 0 Å². The van der Waals surface area contributed by atoms with Crippen LogP contribution in [0.2, 0.25) is 0 Å². The van der Waals surface area contributed by atoms with E-state index in [2.05, 4.69) is 19.1 Å². The van der Waals surface area contributed by atoms with E-state index in [1.165, 1.54) is 19.3 Å². The highest BCUT2D eigenvalue weighted by Gasteiger charge is 2.34. The Morgan fingerprint density at radius 3 is 3.11 bits per heavy atom. The first-order chi connectivity index (χ1) is 4.40. The molecule has 0 aromatic carbocycles. The van der Waals surface area contributed by atoms with Gasteiger partial charge in [-0.2, -0.15) is 0 Å². The first-order valence-electron chi connectivity index (χ1n) is 3.79. The fraction of sp³-hybridized carbons (Fsp3) is 0.556. The smallest absolute Gasteiger partial charge is 0.0122 e. The summed E-state index contributed by atoms with van der Waals surface area (Å²) in [6.45, 7) is 2.20. The lowest BCUT2D eigenvalue weighted by Crippen LogP contribution is -1.74. The second-order valence-corrected chi connectivity index (χ2v) is 3.01. The minimum absolute atomic E-state index is 0.989. The maximum absolute atomic E-state index is 2.38. The van der Waals surface area contributed by atoms with Crippen LogP contribution in [0.1, 0.15) is 26.2 Å². The number of allylic oxidation sites excluding steroid dienone is 4. The Hall–Kier alpha value is -0.520. The Labute approximate surface area is 56.3 Å². The first-order valence-corrected chi connectivity index (χ1v) is 3.79. The van der Waals surface area contributed by atoms with Crippen molar-refractivity contribution in [3.05, 3.63) is 23.3 Å². The molecule has 0 heterocycles. The van der Waals surface area contributed by atoms with Crippen molar-refractivity contribution in [2.24, 2.45) is 5.92 Å². The Morgan fingerprint density at radius 1 is 1.67 bits per heavy atom. The second kappa shape index (κ2) is 1.73. The molecule has 1 saturated carbocycles. The first kappa shape index (κ1) is 5.28. The summed E-state index contributed by atoms with van der Waals surface area (Å²) in [5.74, 6) is 0.989. The lowest BCUT2D eigenvalue weighted by Gasteiger charge is -1.91. The van der Waals surface area contributed by atoms with Gasteiger partial charge in [-0.25, -0.2) is 0 Å². The molecule has 0 aliphatic heterocycles. The maximum Gasteiger partial charge on any atom is -0.0122 e. The van der Waals surface area contributed by atoms with E-state index in [1.807, 2.05) is 0 Å². The normalized spacial score (nSPS) is 34.6. The van der Waals surface area contributed by atoms with Gasteiger partial charge in [0.05, 0.1) is 0 Å². The van der Waals surface area contributed by atoms with Gasteiger partial charge in [0.1, 0.15) is 0 Å². The van der Waals surface area contributed by atoms with Crippen LogP contribution in [0.4, 0.5) is 0 Å². The molecule has 0 heteroatoms. The Morgan fingerprint density at radius 2 is 2.56 bits per heavy atom. The van der Waals surface area contributed by atoms with E-state index in [0.29, 0.717) is 0 Å². The van der Waals surface area contributed by atoms with E-state index >= 15 is 0 Å². The summed E-state index contributed by atoms with van der Waals surface area (Å²) >= 11 is 0. The highest BCUT2D eigenvalue weighted by molar-refractivity contribution is 5.42. The highest BCUT2D eigenvalue weighted by Crippen LogP contribution is 2.48. The summed E-state index contributed by atoms with van der Waals surface area (Å²) in [6.07, 6.45) is 8.68. The lowest BCUT2D eigenvalue weighted by molar-refractivity contribution is 0.880. The predicted octanol–water partition coefficient (Wildman–Crippen LogP) is 2.67. The van der Waals surface area contributed by atoms with Gasteiger partial charge in [0.2, 0.25) is 0 Å². The average molecular weight is 120 g/mol. The zero-order chi connectivity index (χ0) is 6.27. The molecule has 0 aromatic rings. The van der Waals surface area contributed by atoms with Crippen molar-refractivity contribution in [1.29, 1.82) is 0 Å². The molecule has 1 unspecified atom stereocenters. The molecule has 2 aliphatic rings. The summed E-state index contributed by atoms with van der Waals surface area (Å²) < 4.78 is 0. The van der Waals surface area contributed by atoms with E-state index in [-0.39, 0.29) is 0 Å². The van der Waals surface area contributed by atoms with Crippen LogP contribution in [0.3, 0.4) is 0 Å². The summed E-state index contributed by atoms with van der Waals surface area (Å²) in [6, 6.07) is 0. The Kier molecular flexibility index (Phi) is 1.01. The zero-order valence-corrected chi connectivity index (χ0v) is 5.85. The highest BCUT2D eigenvalue weighted by atomic mass is 14.4. The molecule has 48 valence electrons. The number of rotatable bonds is 1. The monoisotopic (exact) mass is 120 g/mol. The SMILES string of the molecule is CC/C=C1\C=C2CC2C1. The molecule has 0 amide bonds. The molecule has 0 radical (unpaired) electrons. The van der Waals surface area contributed by atoms with Crippen molar-refractivity contribution in [1.82, 2.24) is 0 Å². The van der Waals surface area contributed by atoms with Crippen LogP contribution in [0.15, 0.2) is 23.3 Å². The van der Waals surface area contributed by atoms with E-state index in [9.17, 15) is 0 Å². The molecule has 0 N–H and O–H groups in total. The van der Waals surface area contributed by atoms with Crippen LogP contribution < -0.4 is 0 Å². The molecular weight excluding hydrogens is 108 g/mol. The second-order valence-electron chi connectivity index (χ2n) is 3.01. The lowest BCUT2D eigenvalue weighted by atomic mass is 10.1. The Balaban J connectivity index is 2.12. The van der Waals surface area contributed by atoms with Gasteiger partial charge in [0, 0.05) is 0 Å². The van der Waals surface area contributed by atoms with Crippen LogP contribution in [0.5, 0.6) is 0 Å². The van der Waals surface area contributed by atoms with E-state index < -0.39 is 0 Å². The molecule has 2 aliphatic carbocycles. The van der Waals surface area contributed by atoms with Crippen LogP contribution in [0.25, 0.3) is 0 Å².